The van der Waals surface area contributed by atoms with Gasteiger partial charge in [-0.05, 0) is 109 Å². The summed E-state index contributed by atoms with van der Waals surface area (Å²) < 4.78 is 0. The maximum absolute atomic E-state index is 12.4. The van der Waals surface area contributed by atoms with Crippen LogP contribution in [0.2, 0.25) is 0 Å². The third kappa shape index (κ3) is 43.4. The maximum Gasteiger partial charge on any atom is 0.220 e. The molecule has 0 saturated heterocycles. The van der Waals surface area contributed by atoms with E-state index in [1.807, 2.05) is 6.08 Å². The Bertz CT molecular complexity index is 1270. The van der Waals surface area contributed by atoms with E-state index >= 15 is 0 Å². The molecular formula is C54H85NO3. The van der Waals surface area contributed by atoms with E-state index < -0.39 is 12.1 Å². The number of carbonyl (C=O) groups excluding carboxylic acids is 1. The first-order chi connectivity index (χ1) is 28.7. The summed E-state index contributed by atoms with van der Waals surface area (Å²) in [5.41, 5.74) is 0. The van der Waals surface area contributed by atoms with Crippen molar-refractivity contribution in [1.82, 2.24) is 5.32 Å². The van der Waals surface area contributed by atoms with E-state index in [2.05, 4.69) is 153 Å². The highest BCUT2D eigenvalue weighted by molar-refractivity contribution is 5.76. The van der Waals surface area contributed by atoms with Gasteiger partial charge in [-0.25, -0.2) is 0 Å². The van der Waals surface area contributed by atoms with Crippen molar-refractivity contribution in [2.45, 2.75) is 180 Å². The number of nitrogens with one attached hydrogen (secondary N) is 1. The van der Waals surface area contributed by atoms with Gasteiger partial charge >= 0.3 is 0 Å². The van der Waals surface area contributed by atoms with Gasteiger partial charge in [-0.1, -0.05) is 198 Å². The molecule has 3 N–H and O–H groups in total. The molecule has 0 radical (unpaired) electrons. The van der Waals surface area contributed by atoms with Crippen LogP contribution in [-0.4, -0.2) is 34.9 Å². The number of aliphatic hydroxyl groups is 2. The number of aliphatic hydroxyl groups excluding tert-OH is 2. The Kier molecular flexibility index (Phi) is 44.6. The summed E-state index contributed by atoms with van der Waals surface area (Å²) in [6.45, 7) is 4.12. The van der Waals surface area contributed by atoms with E-state index in [1.54, 1.807) is 6.08 Å². The molecule has 0 aliphatic rings. The molecular weight excluding hydrogens is 711 g/mol. The smallest absolute Gasteiger partial charge is 0.220 e. The Balaban J connectivity index is 3.75. The second kappa shape index (κ2) is 47.6. The summed E-state index contributed by atoms with van der Waals surface area (Å²) in [4.78, 5) is 12.4. The van der Waals surface area contributed by atoms with E-state index in [9.17, 15) is 15.0 Å². The summed E-state index contributed by atoms with van der Waals surface area (Å²) in [7, 11) is 0. The standard InChI is InChI=1S/C54H85NO3/c1-3-5-7-9-11-13-15-16-17-18-19-20-21-22-23-24-25-26-27-28-29-30-31-32-33-34-35-36-37-38-40-42-44-46-48-50-54(58)55-52(51-56)53(57)49-47-45-43-41-39-14-12-10-8-6-4-2/h5,7,11,13,16-17,19-20,22-23,25-26,28-29,31-32,34-35,37-39,41,47,49,52-53,56-57H,3-4,6,8-10,12,14-15,18,21,24,27,30,33,36,40,42-46,48,50-51H2,1-2H3,(H,55,58)/b7-5-,13-11-,17-16-,20-19-,23-22-,26-25-,29-28-,32-31-,35-34-,38-37-,41-39+,49-47+. The quantitative estimate of drug-likeness (QED) is 0.0429. The summed E-state index contributed by atoms with van der Waals surface area (Å²) in [5, 5.41) is 22.9. The highest BCUT2D eigenvalue weighted by Gasteiger charge is 2.17. The number of hydrogen-bond acceptors (Lipinski definition) is 3. The molecule has 0 aliphatic carbocycles. The average Bonchev–Trinajstić information content (AvgIpc) is 3.23. The molecule has 2 atom stereocenters. The van der Waals surface area contributed by atoms with Crippen LogP contribution >= 0.6 is 0 Å². The molecule has 0 bridgehead atoms. The van der Waals surface area contributed by atoms with Gasteiger partial charge in [-0.3, -0.25) is 4.79 Å². The first-order valence-electron chi connectivity index (χ1n) is 23.0. The van der Waals surface area contributed by atoms with Gasteiger partial charge in [0.25, 0.3) is 0 Å². The molecule has 0 aromatic carbocycles. The zero-order chi connectivity index (χ0) is 42.1. The van der Waals surface area contributed by atoms with Gasteiger partial charge in [0, 0.05) is 6.42 Å². The van der Waals surface area contributed by atoms with Crippen molar-refractivity contribution in [3.05, 3.63) is 146 Å². The molecule has 58 heavy (non-hydrogen) atoms. The topological polar surface area (TPSA) is 69.6 Å². The van der Waals surface area contributed by atoms with Crippen LogP contribution in [0.1, 0.15) is 168 Å². The predicted molar refractivity (Wildman–Crippen MR) is 257 cm³/mol. The monoisotopic (exact) mass is 796 g/mol. The molecule has 0 aromatic heterocycles. The lowest BCUT2D eigenvalue weighted by Crippen LogP contribution is -2.45. The number of allylic oxidation sites excluding steroid dienone is 23. The van der Waals surface area contributed by atoms with Crippen LogP contribution in [0, 0.1) is 0 Å². The minimum absolute atomic E-state index is 0.108. The molecule has 0 saturated carbocycles. The van der Waals surface area contributed by atoms with Crippen LogP contribution in [0.4, 0.5) is 0 Å². The molecule has 4 heteroatoms. The molecule has 0 heterocycles. The van der Waals surface area contributed by atoms with Gasteiger partial charge < -0.3 is 15.5 Å². The van der Waals surface area contributed by atoms with E-state index in [0.29, 0.717) is 6.42 Å². The molecule has 0 spiro atoms. The number of unbranched alkanes of at least 4 members (excludes halogenated alkanes) is 10. The van der Waals surface area contributed by atoms with Gasteiger partial charge in [0.05, 0.1) is 18.8 Å². The first-order valence-corrected chi connectivity index (χ1v) is 23.0. The van der Waals surface area contributed by atoms with Crippen LogP contribution in [-0.2, 0) is 4.79 Å². The fourth-order valence-corrected chi connectivity index (χ4v) is 5.81. The van der Waals surface area contributed by atoms with Crippen molar-refractivity contribution < 1.29 is 15.0 Å². The van der Waals surface area contributed by atoms with Crippen molar-refractivity contribution in [3.63, 3.8) is 0 Å². The zero-order valence-electron chi connectivity index (χ0n) is 37.0. The summed E-state index contributed by atoms with van der Waals surface area (Å²) >= 11 is 0. The molecule has 1 amide bonds. The minimum Gasteiger partial charge on any atom is -0.394 e. The zero-order valence-corrected chi connectivity index (χ0v) is 37.0. The number of rotatable bonds is 39. The van der Waals surface area contributed by atoms with Crippen molar-refractivity contribution in [3.8, 4) is 0 Å². The van der Waals surface area contributed by atoms with E-state index in [1.165, 1.54) is 32.1 Å². The fourth-order valence-electron chi connectivity index (χ4n) is 5.81. The predicted octanol–water partition coefficient (Wildman–Crippen LogP) is 14.9. The molecule has 0 aromatic rings. The lowest BCUT2D eigenvalue weighted by Gasteiger charge is -2.19. The molecule has 0 fully saturated rings. The Hall–Kier alpha value is -3.73. The lowest BCUT2D eigenvalue weighted by molar-refractivity contribution is -0.123. The molecule has 4 nitrogen and oxygen atoms in total. The van der Waals surface area contributed by atoms with Crippen molar-refractivity contribution in [2.75, 3.05) is 6.61 Å². The van der Waals surface area contributed by atoms with Crippen molar-refractivity contribution in [1.29, 1.82) is 0 Å². The number of carbonyl (C=O) groups is 1. The summed E-state index contributed by atoms with van der Waals surface area (Å²) in [6, 6.07) is -0.662. The van der Waals surface area contributed by atoms with Gasteiger partial charge in [-0.15, -0.1) is 0 Å². The van der Waals surface area contributed by atoms with Crippen LogP contribution in [0.25, 0.3) is 0 Å². The molecule has 0 aliphatic heterocycles. The normalized spacial score (nSPS) is 14.3. The second-order valence-corrected chi connectivity index (χ2v) is 14.7. The SMILES string of the molecule is CC/C=C\C/C=C\C/C=C\C/C=C\C/C=C\C/C=C\C/C=C\C/C=C\C/C=C\C/C=C\CCCCCCC(=O)NC(CO)C(O)/C=C/CC/C=C/CCCCCCC. The number of amides is 1. The molecule has 2 unspecified atom stereocenters. The largest absolute Gasteiger partial charge is 0.394 e. The van der Waals surface area contributed by atoms with E-state index in [4.69, 9.17) is 0 Å². The summed E-state index contributed by atoms with van der Waals surface area (Å²) in [5.74, 6) is -0.108. The van der Waals surface area contributed by atoms with Crippen LogP contribution < -0.4 is 5.32 Å². The van der Waals surface area contributed by atoms with Gasteiger partial charge in [0.2, 0.25) is 5.91 Å². The van der Waals surface area contributed by atoms with E-state index in [0.717, 1.165) is 116 Å². The van der Waals surface area contributed by atoms with Gasteiger partial charge in [-0.2, -0.15) is 0 Å². The van der Waals surface area contributed by atoms with Gasteiger partial charge in [0.1, 0.15) is 0 Å². The average molecular weight is 796 g/mol. The third-order valence-corrected chi connectivity index (χ3v) is 9.31. The molecule has 324 valence electrons. The molecule has 0 rings (SSSR count). The Morgan fingerprint density at radius 1 is 0.431 bits per heavy atom. The summed E-state index contributed by atoms with van der Waals surface area (Å²) in [6.07, 6.45) is 76.8. The van der Waals surface area contributed by atoms with E-state index in [-0.39, 0.29) is 12.5 Å². The van der Waals surface area contributed by atoms with Crippen LogP contribution in [0.3, 0.4) is 0 Å². The minimum atomic E-state index is -0.882. The van der Waals surface area contributed by atoms with Crippen LogP contribution in [0.15, 0.2) is 146 Å². The Morgan fingerprint density at radius 2 is 0.776 bits per heavy atom. The third-order valence-electron chi connectivity index (χ3n) is 9.31. The Labute approximate surface area is 357 Å². The van der Waals surface area contributed by atoms with Crippen molar-refractivity contribution >= 4 is 5.91 Å². The van der Waals surface area contributed by atoms with Gasteiger partial charge in [0.15, 0.2) is 0 Å². The lowest BCUT2D eigenvalue weighted by atomic mass is 10.1. The maximum atomic E-state index is 12.4. The highest BCUT2D eigenvalue weighted by atomic mass is 16.3. The number of hydrogen-bond donors (Lipinski definition) is 3. The van der Waals surface area contributed by atoms with Crippen LogP contribution in [0.5, 0.6) is 0 Å². The highest BCUT2D eigenvalue weighted by Crippen LogP contribution is 2.09. The first kappa shape index (κ1) is 54.3. The second-order valence-electron chi connectivity index (χ2n) is 14.7. The fraction of sp³-hybridized carbons (Fsp3) is 0.537. The van der Waals surface area contributed by atoms with Crippen molar-refractivity contribution in [2.24, 2.45) is 0 Å². The Morgan fingerprint density at radius 3 is 1.19 bits per heavy atom.